The predicted molar refractivity (Wildman–Crippen MR) is 91.4 cm³/mol. The molecule has 1 saturated heterocycles. The molecule has 7 nitrogen and oxygen atoms in total. The third kappa shape index (κ3) is 3.19. The molecule has 25 heavy (non-hydrogen) atoms. The van der Waals surface area contributed by atoms with E-state index in [0.29, 0.717) is 26.2 Å². The first-order valence-corrected chi connectivity index (χ1v) is 7.95. The molecule has 1 aliphatic heterocycles. The largest absolute Gasteiger partial charge is 0.368 e. The molecule has 1 aromatic carbocycles. The van der Waals surface area contributed by atoms with Gasteiger partial charge in [-0.2, -0.15) is 0 Å². The molecule has 1 aromatic heterocycles. The Labute approximate surface area is 143 Å². The van der Waals surface area contributed by atoms with Gasteiger partial charge < -0.3 is 14.4 Å². The molecular formula is C17H19FN4O3. The number of carbonyl (C=O) groups excluding carboxylic acids is 1. The SMILES string of the molecule is Cn1cc(C(=O)N2CCN(c3ccc(F)cc3)CC2)c(=O)n(C)c1=O. The van der Waals surface area contributed by atoms with Gasteiger partial charge in [0.15, 0.2) is 0 Å². The molecule has 0 saturated carbocycles. The van der Waals surface area contributed by atoms with Crippen LogP contribution in [0.15, 0.2) is 40.1 Å². The van der Waals surface area contributed by atoms with Crippen LogP contribution in [0.4, 0.5) is 10.1 Å². The van der Waals surface area contributed by atoms with Gasteiger partial charge in [-0.15, -0.1) is 0 Å². The zero-order valence-electron chi connectivity index (χ0n) is 14.1. The Balaban J connectivity index is 1.75. The maximum atomic E-state index is 13.0. The quantitative estimate of drug-likeness (QED) is 0.778. The van der Waals surface area contributed by atoms with Gasteiger partial charge in [0, 0.05) is 52.2 Å². The van der Waals surface area contributed by atoms with Gasteiger partial charge in [0.2, 0.25) is 0 Å². The van der Waals surface area contributed by atoms with Crippen molar-refractivity contribution in [3.8, 4) is 0 Å². The highest BCUT2D eigenvalue weighted by Gasteiger charge is 2.25. The number of aromatic nitrogens is 2. The predicted octanol–water partition coefficient (Wildman–Crippen LogP) is 0.185. The van der Waals surface area contributed by atoms with Crippen molar-refractivity contribution in [1.82, 2.24) is 14.0 Å². The molecular weight excluding hydrogens is 327 g/mol. The lowest BCUT2D eigenvalue weighted by Crippen LogP contribution is -2.51. The summed E-state index contributed by atoms with van der Waals surface area (Å²) in [6.45, 7) is 2.07. The molecule has 0 bridgehead atoms. The van der Waals surface area contributed by atoms with E-state index in [4.69, 9.17) is 0 Å². The molecule has 0 unspecified atom stereocenters. The van der Waals surface area contributed by atoms with Crippen molar-refractivity contribution in [1.29, 1.82) is 0 Å². The van der Waals surface area contributed by atoms with Crippen molar-refractivity contribution in [2.75, 3.05) is 31.1 Å². The number of amides is 1. The molecule has 3 rings (SSSR count). The van der Waals surface area contributed by atoms with E-state index in [2.05, 4.69) is 4.90 Å². The molecule has 1 amide bonds. The minimum absolute atomic E-state index is 0.0140. The standard InChI is InChI=1S/C17H19FN4O3/c1-19-11-14(15(23)20(2)17(19)25)16(24)22-9-7-21(8-10-22)13-5-3-12(18)4-6-13/h3-6,11H,7-10H2,1-2H3. The van der Waals surface area contributed by atoms with Crippen LogP contribution in [-0.4, -0.2) is 46.1 Å². The summed E-state index contributed by atoms with van der Waals surface area (Å²) in [6, 6.07) is 6.22. The van der Waals surface area contributed by atoms with Gasteiger partial charge in [-0.1, -0.05) is 0 Å². The number of rotatable bonds is 2. The number of benzene rings is 1. The maximum Gasteiger partial charge on any atom is 0.330 e. The maximum absolute atomic E-state index is 13.0. The first-order valence-electron chi connectivity index (χ1n) is 7.95. The van der Waals surface area contributed by atoms with E-state index in [0.717, 1.165) is 10.3 Å². The smallest absolute Gasteiger partial charge is 0.330 e. The van der Waals surface area contributed by atoms with Crippen LogP contribution in [0.25, 0.3) is 0 Å². The Morgan fingerprint density at radius 3 is 2.20 bits per heavy atom. The Kier molecular flexibility index (Phi) is 4.43. The summed E-state index contributed by atoms with van der Waals surface area (Å²) in [6.07, 6.45) is 1.29. The Morgan fingerprint density at radius 2 is 1.60 bits per heavy atom. The average molecular weight is 346 g/mol. The van der Waals surface area contributed by atoms with E-state index >= 15 is 0 Å². The van der Waals surface area contributed by atoms with E-state index in [1.54, 1.807) is 17.0 Å². The van der Waals surface area contributed by atoms with Crippen molar-refractivity contribution in [2.24, 2.45) is 14.1 Å². The van der Waals surface area contributed by atoms with Crippen molar-refractivity contribution in [3.63, 3.8) is 0 Å². The van der Waals surface area contributed by atoms with Gasteiger partial charge in [0.1, 0.15) is 11.4 Å². The van der Waals surface area contributed by atoms with Gasteiger partial charge in [-0.25, -0.2) is 9.18 Å². The van der Waals surface area contributed by atoms with Crippen molar-refractivity contribution >= 4 is 11.6 Å². The monoisotopic (exact) mass is 346 g/mol. The lowest BCUT2D eigenvalue weighted by molar-refractivity contribution is 0.0743. The summed E-state index contributed by atoms with van der Waals surface area (Å²) < 4.78 is 15.2. The van der Waals surface area contributed by atoms with Crippen LogP contribution in [0.2, 0.25) is 0 Å². The Hall–Kier alpha value is -2.90. The van der Waals surface area contributed by atoms with Crippen LogP contribution in [0.1, 0.15) is 10.4 Å². The Bertz CT molecular complexity index is 909. The third-order valence-corrected chi connectivity index (χ3v) is 4.44. The number of halogens is 1. The first-order chi connectivity index (χ1) is 11.9. The highest BCUT2D eigenvalue weighted by Crippen LogP contribution is 2.17. The van der Waals surface area contributed by atoms with Gasteiger partial charge in [0.05, 0.1) is 0 Å². The van der Waals surface area contributed by atoms with Crippen LogP contribution in [-0.2, 0) is 14.1 Å². The second-order valence-corrected chi connectivity index (χ2v) is 6.06. The molecule has 2 heterocycles. The second kappa shape index (κ2) is 6.54. The van der Waals surface area contributed by atoms with Crippen molar-refractivity contribution in [2.45, 2.75) is 0 Å². The summed E-state index contributed by atoms with van der Waals surface area (Å²) in [5.74, 6) is -0.668. The number of anilines is 1. The first kappa shape index (κ1) is 16.9. The van der Waals surface area contributed by atoms with Crippen LogP contribution < -0.4 is 16.1 Å². The zero-order valence-corrected chi connectivity index (χ0v) is 14.1. The fraction of sp³-hybridized carbons (Fsp3) is 0.353. The third-order valence-electron chi connectivity index (χ3n) is 4.44. The van der Waals surface area contributed by atoms with Gasteiger partial charge in [-0.3, -0.25) is 14.2 Å². The highest BCUT2D eigenvalue weighted by molar-refractivity contribution is 5.93. The van der Waals surface area contributed by atoms with E-state index in [1.807, 2.05) is 0 Å². The van der Waals surface area contributed by atoms with Gasteiger partial charge in [-0.05, 0) is 24.3 Å². The molecule has 0 atom stereocenters. The minimum Gasteiger partial charge on any atom is -0.368 e. The lowest BCUT2D eigenvalue weighted by atomic mass is 10.2. The van der Waals surface area contributed by atoms with E-state index in [9.17, 15) is 18.8 Å². The average Bonchev–Trinajstić information content (AvgIpc) is 2.63. The number of piperazine rings is 1. The second-order valence-electron chi connectivity index (χ2n) is 6.06. The molecule has 1 aliphatic rings. The molecule has 0 aliphatic carbocycles. The molecule has 132 valence electrons. The van der Waals surface area contributed by atoms with Crippen LogP contribution in [0.3, 0.4) is 0 Å². The minimum atomic E-state index is -0.589. The Morgan fingerprint density at radius 1 is 1.00 bits per heavy atom. The summed E-state index contributed by atoms with van der Waals surface area (Å²) >= 11 is 0. The van der Waals surface area contributed by atoms with Crippen LogP contribution in [0.5, 0.6) is 0 Å². The van der Waals surface area contributed by atoms with E-state index in [1.165, 1.54) is 37.0 Å². The topological polar surface area (TPSA) is 67.6 Å². The van der Waals surface area contributed by atoms with Crippen LogP contribution >= 0.6 is 0 Å². The summed E-state index contributed by atoms with van der Waals surface area (Å²) in [5.41, 5.74) is -0.178. The lowest BCUT2D eigenvalue weighted by Gasteiger charge is -2.36. The molecule has 0 spiro atoms. The zero-order chi connectivity index (χ0) is 18.1. The number of aryl methyl sites for hydroxylation is 1. The van der Waals surface area contributed by atoms with E-state index < -0.39 is 11.2 Å². The van der Waals surface area contributed by atoms with Gasteiger partial charge in [0.25, 0.3) is 11.5 Å². The summed E-state index contributed by atoms with van der Waals surface area (Å²) in [5, 5.41) is 0. The normalized spacial score (nSPS) is 14.7. The highest BCUT2D eigenvalue weighted by atomic mass is 19.1. The summed E-state index contributed by atoms with van der Waals surface area (Å²) in [4.78, 5) is 40.2. The number of hydrogen-bond acceptors (Lipinski definition) is 4. The van der Waals surface area contributed by atoms with Crippen LogP contribution in [0, 0.1) is 5.82 Å². The number of carbonyl (C=O) groups is 1. The van der Waals surface area contributed by atoms with Crippen molar-refractivity contribution in [3.05, 3.63) is 62.7 Å². The fourth-order valence-corrected chi connectivity index (χ4v) is 2.94. The molecule has 1 fully saturated rings. The molecule has 2 aromatic rings. The number of hydrogen-bond donors (Lipinski definition) is 0. The van der Waals surface area contributed by atoms with Gasteiger partial charge >= 0.3 is 5.69 Å². The summed E-state index contributed by atoms with van der Waals surface area (Å²) in [7, 11) is 2.86. The number of nitrogens with zero attached hydrogens (tertiary/aromatic N) is 4. The van der Waals surface area contributed by atoms with E-state index in [-0.39, 0.29) is 17.3 Å². The molecule has 8 heteroatoms. The molecule has 0 N–H and O–H groups in total. The fourth-order valence-electron chi connectivity index (χ4n) is 2.94. The van der Waals surface area contributed by atoms with Crippen molar-refractivity contribution < 1.29 is 9.18 Å². The molecule has 0 radical (unpaired) electrons.